The highest BCUT2D eigenvalue weighted by molar-refractivity contribution is 7.13. The molecule has 0 saturated carbocycles. The van der Waals surface area contributed by atoms with Crippen molar-refractivity contribution >= 4 is 28.0 Å². The summed E-state index contributed by atoms with van der Waals surface area (Å²) in [5, 5.41) is 5.91. The summed E-state index contributed by atoms with van der Waals surface area (Å²) < 4.78 is 10.8. The number of rotatable bonds is 5. The number of benzene rings is 1. The lowest BCUT2D eigenvalue weighted by Gasteiger charge is -2.20. The lowest BCUT2D eigenvalue weighted by atomic mass is 9.90. The van der Waals surface area contributed by atoms with Crippen molar-refractivity contribution in [2.24, 2.45) is 0 Å². The second kappa shape index (κ2) is 6.45. The standard InChI is InChI=1S/C17H16N2O4S/c1-9-8-24-17(19-9)18-7-10-6-13(22-2)14-11(20)4-5-12(21)15(14)16(10)23-3/h4-6,8H,7H2,1-3H3,(H,18,19). The van der Waals surface area contributed by atoms with Gasteiger partial charge in [-0.15, -0.1) is 11.3 Å². The largest absolute Gasteiger partial charge is 0.496 e. The van der Waals surface area contributed by atoms with Gasteiger partial charge in [-0.1, -0.05) is 0 Å². The van der Waals surface area contributed by atoms with Crippen LogP contribution in [0.1, 0.15) is 32.0 Å². The Morgan fingerprint density at radius 3 is 2.42 bits per heavy atom. The van der Waals surface area contributed by atoms with Crippen LogP contribution in [0.5, 0.6) is 11.5 Å². The second-order valence-corrected chi connectivity index (χ2v) is 6.09. The zero-order valence-corrected chi connectivity index (χ0v) is 14.3. The highest BCUT2D eigenvalue weighted by Gasteiger charge is 2.29. The van der Waals surface area contributed by atoms with Crippen LogP contribution in [0.25, 0.3) is 0 Å². The van der Waals surface area contributed by atoms with Gasteiger partial charge in [-0.3, -0.25) is 9.59 Å². The number of aryl methyl sites for hydroxylation is 1. The molecule has 0 radical (unpaired) electrons. The molecule has 3 rings (SSSR count). The molecule has 0 atom stereocenters. The minimum absolute atomic E-state index is 0.246. The number of methoxy groups -OCH3 is 2. The molecule has 24 heavy (non-hydrogen) atoms. The van der Waals surface area contributed by atoms with E-state index in [-0.39, 0.29) is 22.7 Å². The Kier molecular flexibility index (Phi) is 4.35. The summed E-state index contributed by atoms with van der Waals surface area (Å²) in [7, 11) is 2.95. The lowest BCUT2D eigenvalue weighted by Crippen LogP contribution is -2.17. The zero-order chi connectivity index (χ0) is 17.3. The molecule has 0 spiro atoms. The number of thiazole rings is 1. The average molecular weight is 344 g/mol. The number of allylic oxidation sites excluding steroid dienone is 2. The molecule has 1 aliphatic rings. The quantitative estimate of drug-likeness (QED) is 0.898. The van der Waals surface area contributed by atoms with Crippen LogP contribution in [-0.2, 0) is 6.54 Å². The number of aromatic nitrogens is 1. The Balaban J connectivity index is 2.05. The van der Waals surface area contributed by atoms with E-state index in [1.807, 2.05) is 12.3 Å². The van der Waals surface area contributed by atoms with Crippen LogP contribution in [0.2, 0.25) is 0 Å². The molecule has 1 N–H and O–H groups in total. The van der Waals surface area contributed by atoms with Gasteiger partial charge < -0.3 is 14.8 Å². The van der Waals surface area contributed by atoms with Gasteiger partial charge in [-0.25, -0.2) is 4.98 Å². The first-order valence-electron chi connectivity index (χ1n) is 7.25. The Hall–Kier alpha value is -2.67. The predicted molar refractivity (Wildman–Crippen MR) is 91.5 cm³/mol. The number of hydrogen-bond donors (Lipinski definition) is 1. The minimum Gasteiger partial charge on any atom is -0.496 e. The highest BCUT2D eigenvalue weighted by atomic mass is 32.1. The van der Waals surface area contributed by atoms with Crippen molar-refractivity contribution < 1.29 is 19.1 Å². The molecule has 1 aromatic carbocycles. The van der Waals surface area contributed by atoms with Crippen molar-refractivity contribution in [3.05, 3.63) is 46.0 Å². The summed E-state index contributed by atoms with van der Waals surface area (Å²) in [5.74, 6) is 0.205. The van der Waals surface area contributed by atoms with Crippen LogP contribution >= 0.6 is 11.3 Å². The molecule has 7 heteroatoms. The van der Waals surface area contributed by atoms with Crippen molar-refractivity contribution in [1.29, 1.82) is 0 Å². The third kappa shape index (κ3) is 2.78. The van der Waals surface area contributed by atoms with Gasteiger partial charge in [0.2, 0.25) is 0 Å². The summed E-state index contributed by atoms with van der Waals surface area (Å²) in [5.41, 5.74) is 2.15. The van der Waals surface area contributed by atoms with E-state index in [9.17, 15) is 9.59 Å². The normalized spacial score (nSPS) is 13.0. The number of hydrogen-bond acceptors (Lipinski definition) is 7. The van der Waals surface area contributed by atoms with Crippen LogP contribution in [0.15, 0.2) is 23.6 Å². The third-order valence-corrected chi connectivity index (χ3v) is 4.59. The maximum absolute atomic E-state index is 12.3. The molecule has 0 amide bonds. The Morgan fingerprint density at radius 1 is 1.12 bits per heavy atom. The van der Waals surface area contributed by atoms with E-state index in [0.717, 1.165) is 16.4 Å². The molecular weight excluding hydrogens is 328 g/mol. The summed E-state index contributed by atoms with van der Waals surface area (Å²) in [6, 6.07) is 1.72. The van der Waals surface area contributed by atoms with Gasteiger partial charge in [0.15, 0.2) is 16.7 Å². The smallest absolute Gasteiger partial charge is 0.190 e. The van der Waals surface area contributed by atoms with Gasteiger partial charge in [-0.2, -0.15) is 0 Å². The Labute approximate surface area is 143 Å². The molecule has 0 aliphatic heterocycles. The van der Waals surface area contributed by atoms with Crippen LogP contribution < -0.4 is 14.8 Å². The molecule has 0 bridgehead atoms. The fourth-order valence-corrected chi connectivity index (χ4v) is 3.31. The molecule has 1 heterocycles. The molecule has 6 nitrogen and oxygen atoms in total. The topological polar surface area (TPSA) is 77.5 Å². The van der Waals surface area contributed by atoms with E-state index in [1.54, 1.807) is 6.07 Å². The lowest BCUT2D eigenvalue weighted by molar-refractivity contribution is 0.0988. The van der Waals surface area contributed by atoms with Gasteiger partial charge in [0.25, 0.3) is 0 Å². The zero-order valence-electron chi connectivity index (χ0n) is 13.5. The molecule has 0 unspecified atom stereocenters. The second-order valence-electron chi connectivity index (χ2n) is 5.23. The number of ketones is 2. The summed E-state index contributed by atoms with van der Waals surface area (Å²) >= 11 is 1.50. The fourth-order valence-electron chi connectivity index (χ4n) is 2.62. The van der Waals surface area contributed by atoms with Crippen LogP contribution in [0.4, 0.5) is 5.13 Å². The Morgan fingerprint density at radius 2 is 1.83 bits per heavy atom. The van der Waals surface area contributed by atoms with Gasteiger partial charge >= 0.3 is 0 Å². The summed E-state index contributed by atoms with van der Waals surface area (Å²) in [4.78, 5) is 28.8. The van der Waals surface area contributed by atoms with Crippen LogP contribution in [-0.4, -0.2) is 30.8 Å². The third-order valence-electron chi connectivity index (χ3n) is 3.67. The number of nitrogens with one attached hydrogen (secondary N) is 1. The number of carbonyl (C=O) groups excluding carboxylic acids is 2. The minimum atomic E-state index is -0.272. The highest BCUT2D eigenvalue weighted by Crippen LogP contribution is 2.37. The molecule has 0 saturated heterocycles. The van der Waals surface area contributed by atoms with E-state index in [4.69, 9.17) is 9.47 Å². The number of ether oxygens (including phenoxy) is 2. The monoisotopic (exact) mass is 344 g/mol. The van der Waals surface area contributed by atoms with Gasteiger partial charge in [0.1, 0.15) is 11.5 Å². The first kappa shape index (κ1) is 16.2. The van der Waals surface area contributed by atoms with Crippen molar-refractivity contribution in [3.63, 3.8) is 0 Å². The molecule has 1 aromatic heterocycles. The van der Waals surface area contributed by atoms with Crippen molar-refractivity contribution in [2.45, 2.75) is 13.5 Å². The number of fused-ring (bicyclic) bond motifs is 1. The first-order chi connectivity index (χ1) is 11.5. The summed E-state index contributed by atoms with van der Waals surface area (Å²) in [6.45, 7) is 2.31. The average Bonchev–Trinajstić information content (AvgIpc) is 3.00. The van der Waals surface area contributed by atoms with E-state index in [2.05, 4.69) is 10.3 Å². The van der Waals surface area contributed by atoms with Gasteiger partial charge in [0, 0.05) is 17.5 Å². The first-order valence-corrected chi connectivity index (χ1v) is 8.13. The van der Waals surface area contributed by atoms with E-state index >= 15 is 0 Å². The van der Waals surface area contributed by atoms with Crippen molar-refractivity contribution in [2.75, 3.05) is 19.5 Å². The van der Waals surface area contributed by atoms with Crippen molar-refractivity contribution in [1.82, 2.24) is 4.98 Å². The predicted octanol–water partition coefficient (Wildman–Crippen LogP) is 3.02. The number of anilines is 1. The Bertz CT molecular complexity index is 855. The molecule has 0 fully saturated rings. The summed E-state index contributed by atoms with van der Waals surface area (Å²) in [6.07, 6.45) is 2.51. The number of nitrogens with zero attached hydrogens (tertiary/aromatic N) is 1. The number of carbonyl (C=O) groups is 2. The van der Waals surface area contributed by atoms with E-state index < -0.39 is 0 Å². The van der Waals surface area contributed by atoms with Gasteiger partial charge in [0.05, 0.1) is 31.0 Å². The molecule has 124 valence electrons. The van der Waals surface area contributed by atoms with Crippen molar-refractivity contribution in [3.8, 4) is 11.5 Å². The van der Waals surface area contributed by atoms with E-state index in [0.29, 0.717) is 18.0 Å². The molecule has 1 aliphatic carbocycles. The SMILES string of the molecule is COc1cc(CNc2nc(C)cs2)c(OC)c2c1C(=O)C=CC2=O. The maximum atomic E-state index is 12.3. The van der Waals surface area contributed by atoms with Crippen LogP contribution in [0, 0.1) is 6.92 Å². The molecule has 2 aromatic rings. The maximum Gasteiger partial charge on any atom is 0.190 e. The van der Waals surface area contributed by atoms with Crippen LogP contribution in [0.3, 0.4) is 0 Å². The molecular formula is C17H16N2O4S. The van der Waals surface area contributed by atoms with E-state index in [1.165, 1.54) is 37.7 Å². The fraction of sp³-hybridized carbons (Fsp3) is 0.235. The van der Waals surface area contributed by atoms with Gasteiger partial charge in [-0.05, 0) is 25.1 Å².